The Kier molecular flexibility index (Phi) is 4.11. The number of fused-ring (bicyclic) bond motifs is 1. The van der Waals surface area contributed by atoms with Crippen molar-refractivity contribution in [3.63, 3.8) is 0 Å². The van der Waals surface area contributed by atoms with E-state index in [0.29, 0.717) is 28.3 Å². The first-order valence-corrected chi connectivity index (χ1v) is 10.1. The van der Waals surface area contributed by atoms with Crippen LogP contribution in [-0.2, 0) is 10.2 Å². The molecule has 1 saturated heterocycles. The smallest absolute Gasteiger partial charge is 0.262 e. The van der Waals surface area contributed by atoms with Crippen LogP contribution >= 0.6 is 0 Å². The number of likely N-dealkylation sites (tertiary alicyclic amines) is 1. The fourth-order valence-corrected chi connectivity index (χ4v) is 4.87. The van der Waals surface area contributed by atoms with Gasteiger partial charge in [-0.05, 0) is 60.8 Å². The lowest BCUT2D eigenvalue weighted by Gasteiger charge is -2.37. The van der Waals surface area contributed by atoms with Crippen LogP contribution in [0.4, 0.5) is 5.69 Å². The molecule has 0 spiro atoms. The minimum Gasteiger partial charge on any atom is -0.482 e. The van der Waals surface area contributed by atoms with Crippen molar-refractivity contribution in [2.75, 3.05) is 25.0 Å². The predicted octanol–water partition coefficient (Wildman–Crippen LogP) is 3.60. The van der Waals surface area contributed by atoms with E-state index in [1.165, 1.54) is 18.4 Å². The normalized spacial score (nSPS) is 20.7. The van der Waals surface area contributed by atoms with Crippen LogP contribution in [0.3, 0.4) is 0 Å². The van der Waals surface area contributed by atoms with E-state index in [-0.39, 0.29) is 18.4 Å². The Balaban J connectivity index is 1.27. The number of benzene rings is 2. The highest BCUT2D eigenvalue weighted by molar-refractivity contribution is 5.99. The summed E-state index contributed by atoms with van der Waals surface area (Å²) in [6, 6.07) is 16.1. The fraction of sp³-hybridized carbons (Fsp3) is 0.391. The Labute approximate surface area is 164 Å². The van der Waals surface area contributed by atoms with Crippen LogP contribution in [-0.4, -0.2) is 36.4 Å². The number of amides is 2. The van der Waals surface area contributed by atoms with Crippen molar-refractivity contribution in [1.82, 2.24) is 4.90 Å². The zero-order valence-corrected chi connectivity index (χ0v) is 15.8. The van der Waals surface area contributed by atoms with Crippen LogP contribution in [0.15, 0.2) is 48.5 Å². The van der Waals surface area contributed by atoms with Gasteiger partial charge in [0, 0.05) is 18.7 Å². The first kappa shape index (κ1) is 17.3. The van der Waals surface area contributed by atoms with Crippen LogP contribution in [0.25, 0.3) is 0 Å². The third-order valence-corrected chi connectivity index (χ3v) is 6.56. The van der Waals surface area contributed by atoms with Crippen molar-refractivity contribution in [1.29, 1.82) is 0 Å². The molecule has 0 aromatic heterocycles. The summed E-state index contributed by atoms with van der Waals surface area (Å²) in [6.07, 6.45) is 4.62. The predicted molar refractivity (Wildman–Crippen MR) is 107 cm³/mol. The number of piperidine rings is 1. The van der Waals surface area contributed by atoms with E-state index in [1.807, 2.05) is 4.90 Å². The van der Waals surface area contributed by atoms with Gasteiger partial charge in [0.15, 0.2) is 6.61 Å². The number of rotatable bonds is 3. The summed E-state index contributed by atoms with van der Waals surface area (Å²) in [7, 11) is 0. The lowest BCUT2D eigenvalue weighted by atomic mass is 9.77. The molecule has 1 N–H and O–H groups in total. The molecule has 2 amide bonds. The molecular weight excluding hydrogens is 352 g/mol. The van der Waals surface area contributed by atoms with Crippen molar-refractivity contribution in [3.8, 4) is 5.75 Å². The summed E-state index contributed by atoms with van der Waals surface area (Å²) in [6.45, 7) is 1.60. The second-order valence-corrected chi connectivity index (χ2v) is 8.14. The van der Waals surface area contributed by atoms with Gasteiger partial charge in [0.1, 0.15) is 5.75 Å². The number of anilines is 1. The van der Waals surface area contributed by atoms with Crippen molar-refractivity contribution < 1.29 is 14.3 Å². The van der Waals surface area contributed by atoms with Crippen LogP contribution < -0.4 is 10.1 Å². The molecule has 2 heterocycles. The molecular formula is C23H24N2O3. The summed E-state index contributed by atoms with van der Waals surface area (Å²) in [5, 5.41) is 2.78. The zero-order valence-electron chi connectivity index (χ0n) is 15.8. The Morgan fingerprint density at radius 2 is 1.82 bits per heavy atom. The van der Waals surface area contributed by atoms with Crippen molar-refractivity contribution >= 4 is 17.5 Å². The summed E-state index contributed by atoms with van der Waals surface area (Å²) < 4.78 is 5.38. The molecule has 5 nitrogen and oxygen atoms in total. The first-order valence-electron chi connectivity index (χ1n) is 10.1. The van der Waals surface area contributed by atoms with Gasteiger partial charge in [-0.1, -0.05) is 30.3 Å². The van der Waals surface area contributed by atoms with Crippen molar-refractivity contribution in [3.05, 3.63) is 59.7 Å². The maximum atomic E-state index is 13.0. The number of hydrogen-bond acceptors (Lipinski definition) is 3. The number of carbonyl (C=O) groups excluding carboxylic acids is 2. The van der Waals surface area contributed by atoms with Gasteiger partial charge in [-0.15, -0.1) is 0 Å². The third-order valence-electron chi connectivity index (χ3n) is 6.56. The maximum absolute atomic E-state index is 13.0. The Morgan fingerprint density at radius 3 is 2.54 bits per heavy atom. The molecule has 0 unspecified atom stereocenters. The second kappa shape index (κ2) is 6.66. The van der Waals surface area contributed by atoms with Crippen LogP contribution in [0.5, 0.6) is 5.75 Å². The van der Waals surface area contributed by atoms with Gasteiger partial charge in [-0.25, -0.2) is 0 Å². The summed E-state index contributed by atoms with van der Waals surface area (Å²) >= 11 is 0. The lowest BCUT2D eigenvalue weighted by Crippen LogP contribution is -2.41. The number of ether oxygens (including phenoxy) is 1. The van der Waals surface area contributed by atoms with Gasteiger partial charge in [0.2, 0.25) is 0 Å². The molecule has 0 radical (unpaired) electrons. The second-order valence-electron chi connectivity index (χ2n) is 8.14. The van der Waals surface area contributed by atoms with E-state index >= 15 is 0 Å². The number of nitrogens with zero attached hydrogens (tertiary/aromatic N) is 1. The molecule has 2 aromatic carbocycles. The topological polar surface area (TPSA) is 58.6 Å². The highest BCUT2D eigenvalue weighted by atomic mass is 16.5. The van der Waals surface area contributed by atoms with E-state index in [9.17, 15) is 9.59 Å². The molecule has 0 bridgehead atoms. The maximum Gasteiger partial charge on any atom is 0.262 e. The van der Waals surface area contributed by atoms with E-state index < -0.39 is 0 Å². The quantitative estimate of drug-likeness (QED) is 0.890. The fourth-order valence-electron chi connectivity index (χ4n) is 4.87. The van der Waals surface area contributed by atoms with E-state index in [4.69, 9.17) is 4.74 Å². The van der Waals surface area contributed by atoms with E-state index in [1.54, 1.807) is 18.2 Å². The Hall–Kier alpha value is -2.82. The van der Waals surface area contributed by atoms with E-state index in [2.05, 4.69) is 35.6 Å². The molecule has 3 aliphatic rings. The average molecular weight is 376 g/mol. The van der Waals surface area contributed by atoms with Crippen LogP contribution in [0.2, 0.25) is 0 Å². The summed E-state index contributed by atoms with van der Waals surface area (Å²) in [5.41, 5.74) is 2.99. The number of nitrogens with one attached hydrogen (secondary N) is 1. The SMILES string of the molecule is O=C1COc2ccc(C(=O)N3CCC(C4(c5ccccc5)CC4)CC3)cc2N1. The molecule has 144 valence electrons. The molecule has 2 aliphatic heterocycles. The average Bonchev–Trinajstić information content (AvgIpc) is 3.55. The molecule has 2 aromatic rings. The summed E-state index contributed by atoms with van der Waals surface area (Å²) in [5.74, 6) is 1.11. The first-order chi connectivity index (χ1) is 13.7. The minimum absolute atomic E-state index is 0.0248. The highest BCUT2D eigenvalue weighted by Gasteiger charge is 2.50. The summed E-state index contributed by atoms with van der Waals surface area (Å²) in [4.78, 5) is 26.5. The largest absolute Gasteiger partial charge is 0.482 e. The Morgan fingerprint density at radius 1 is 1.07 bits per heavy atom. The van der Waals surface area contributed by atoms with Crippen LogP contribution in [0, 0.1) is 5.92 Å². The molecule has 2 fully saturated rings. The van der Waals surface area contributed by atoms with Gasteiger partial charge >= 0.3 is 0 Å². The molecule has 28 heavy (non-hydrogen) atoms. The van der Waals surface area contributed by atoms with Gasteiger partial charge in [-0.3, -0.25) is 9.59 Å². The number of hydrogen-bond donors (Lipinski definition) is 1. The van der Waals surface area contributed by atoms with Crippen molar-refractivity contribution in [2.45, 2.75) is 31.1 Å². The van der Waals surface area contributed by atoms with E-state index in [0.717, 1.165) is 25.9 Å². The molecule has 5 heteroatoms. The monoisotopic (exact) mass is 376 g/mol. The van der Waals surface area contributed by atoms with Gasteiger partial charge in [0.05, 0.1) is 5.69 Å². The molecule has 5 rings (SSSR count). The van der Waals surface area contributed by atoms with Crippen LogP contribution in [0.1, 0.15) is 41.6 Å². The standard InChI is InChI=1S/C23H24N2O3/c26-21-15-28-20-7-6-16(14-19(20)24-21)22(27)25-12-8-18(9-13-25)23(10-11-23)17-4-2-1-3-5-17/h1-7,14,18H,8-13,15H2,(H,24,26). The van der Waals surface area contributed by atoms with Gasteiger partial charge in [0.25, 0.3) is 11.8 Å². The lowest BCUT2D eigenvalue weighted by molar-refractivity contribution is -0.118. The molecule has 1 aliphatic carbocycles. The zero-order chi connectivity index (χ0) is 19.1. The minimum atomic E-state index is -0.187. The van der Waals surface area contributed by atoms with Gasteiger partial charge in [-0.2, -0.15) is 0 Å². The van der Waals surface area contributed by atoms with Crippen molar-refractivity contribution in [2.24, 2.45) is 5.92 Å². The Bertz CT molecular complexity index is 913. The third kappa shape index (κ3) is 2.95. The number of carbonyl (C=O) groups is 2. The molecule has 0 atom stereocenters. The highest BCUT2D eigenvalue weighted by Crippen LogP contribution is 2.56. The van der Waals surface area contributed by atoms with Gasteiger partial charge < -0.3 is 15.0 Å². The molecule has 1 saturated carbocycles.